The number of carbonyl (C=O) groups is 2. The van der Waals surface area contributed by atoms with Crippen LogP contribution in [0.4, 0.5) is 16.4 Å². The number of fused-ring (bicyclic) bond motifs is 2. The van der Waals surface area contributed by atoms with Gasteiger partial charge < -0.3 is 21.1 Å². The van der Waals surface area contributed by atoms with Gasteiger partial charge in [0.25, 0.3) is 0 Å². The number of aromatic carboxylic acids is 1. The molecular formula is C19H21N5O3. The summed E-state index contributed by atoms with van der Waals surface area (Å²) in [6.45, 7) is 1.27. The fourth-order valence-electron chi connectivity index (χ4n) is 4.16. The van der Waals surface area contributed by atoms with Crippen LogP contribution in [0.15, 0.2) is 30.5 Å². The first-order valence-corrected chi connectivity index (χ1v) is 8.98. The molecule has 4 rings (SSSR count). The maximum Gasteiger partial charge on any atom is 0.335 e. The number of carboxylic acid groups (broad SMARTS) is 1. The zero-order valence-corrected chi connectivity index (χ0v) is 14.8. The Morgan fingerprint density at radius 1 is 1.22 bits per heavy atom. The van der Waals surface area contributed by atoms with Crippen molar-refractivity contribution in [2.45, 2.75) is 31.1 Å². The minimum absolute atomic E-state index is 0.158. The van der Waals surface area contributed by atoms with Crippen molar-refractivity contribution in [3.8, 4) is 0 Å². The van der Waals surface area contributed by atoms with Crippen molar-refractivity contribution in [3.63, 3.8) is 0 Å². The first-order valence-electron chi connectivity index (χ1n) is 8.98. The molecule has 0 bridgehead atoms. The topological polar surface area (TPSA) is 121 Å². The summed E-state index contributed by atoms with van der Waals surface area (Å²) < 4.78 is 0. The van der Waals surface area contributed by atoms with E-state index < -0.39 is 5.97 Å². The van der Waals surface area contributed by atoms with Crippen LogP contribution in [0.3, 0.4) is 0 Å². The van der Waals surface area contributed by atoms with E-state index in [-0.39, 0.29) is 23.0 Å². The maximum absolute atomic E-state index is 12.7. The molecular weight excluding hydrogens is 346 g/mol. The van der Waals surface area contributed by atoms with Gasteiger partial charge >= 0.3 is 12.0 Å². The third kappa shape index (κ3) is 3.18. The van der Waals surface area contributed by atoms with E-state index in [1.54, 1.807) is 18.3 Å². The molecule has 1 unspecified atom stereocenters. The number of amides is 2. The molecule has 2 aromatic rings. The maximum atomic E-state index is 12.7. The van der Waals surface area contributed by atoms with Gasteiger partial charge in [-0.15, -0.1) is 0 Å². The predicted octanol–water partition coefficient (Wildman–Crippen LogP) is 2.27. The number of nitrogens with zero attached hydrogens (tertiary/aromatic N) is 3. The van der Waals surface area contributed by atoms with Gasteiger partial charge in [-0.1, -0.05) is 0 Å². The van der Waals surface area contributed by atoms with Gasteiger partial charge in [-0.2, -0.15) is 0 Å². The van der Waals surface area contributed by atoms with Gasteiger partial charge in [-0.05, 0) is 55.5 Å². The number of carbonyl (C=O) groups excluding carboxylic acids is 1. The highest BCUT2D eigenvalue weighted by molar-refractivity contribution is 5.91. The molecule has 2 amide bonds. The molecule has 4 N–H and O–H groups in total. The Labute approximate surface area is 156 Å². The highest BCUT2D eigenvalue weighted by Gasteiger charge is 2.44. The number of urea groups is 1. The Morgan fingerprint density at radius 3 is 2.74 bits per heavy atom. The largest absolute Gasteiger partial charge is 0.478 e. The number of hydrogen-bond donors (Lipinski definition) is 3. The van der Waals surface area contributed by atoms with Crippen molar-refractivity contribution in [2.75, 3.05) is 24.1 Å². The van der Waals surface area contributed by atoms with Crippen LogP contribution < -0.4 is 11.1 Å². The number of aromatic nitrogens is 2. The molecule has 2 heterocycles. The summed E-state index contributed by atoms with van der Waals surface area (Å²) in [4.78, 5) is 34.1. The van der Waals surface area contributed by atoms with Crippen LogP contribution in [0, 0.1) is 0 Å². The quantitative estimate of drug-likeness (QED) is 0.748. The van der Waals surface area contributed by atoms with E-state index in [4.69, 9.17) is 10.8 Å². The molecule has 1 atom stereocenters. The van der Waals surface area contributed by atoms with E-state index in [0.29, 0.717) is 18.8 Å². The molecule has 1 aromatic heterocycles. The molecule has 27 heavy (non-hydrogen) atoms. The third-order valence-corrected chi connectivity index (χ3v) is 5.51. The van der Waals surface area contributed by atoms with Gasteiger partial charge in [0.15, 0.2) is 0 Å². The average Bonchev–Trinajstić information content (AvgIpc) is 2.99. The van der Waals surface area contributed by atoms with Gasteiger partial charge in [0.2, 0.25) is 5.95 Å². The lowest BCUT2D eigenvalue weighted by Crippen LogP contribution is -2.49. The number of likely N-dealkylation sites (tertiary alicyclic amines) is 1. The summed E-state index contributed by atoms with van der Waals surface area (Å²) in [5, 5.41) is 11.8. The molecule has 1 spiro atoms. The van der Waals surface area contributed by atoms with E-state index >= 15 is 0 Å². The lowest BCUT2D eigenvalue weighted by molar-refractivity contribution is 0.0697. The fourth-order valence-corrected chi connectivity index (χ4v) is 4.16. The van der Waals surface area contributed by atoms with E-state index in [0.717, 1.165) is 36.9 Å². The van der Waals surface area contributed by atoms with Gasteiger partial charge in [0.05, 0.1) is 11.3 Å². The molecule has 2 aliphatic rings. The first kappa shape index (κ1) is 17.3. The van der Waals surface area contributed by atoms with Crippen molar-refractivity contribution in [3.05, 3.63) is 47.3 Å². The van der Waals surface area contributed by atoms with Crippen LogP contribution in [0.1, 0.15) is 40.9 Å². The van der Waals surface area contributed by atoms with E-state index in [2.05, 4.69) is 15.3 Å². The highest BCUT2D eigenvalue weighted by Crippen LogP contribution is 2.44. The number of piperidine rings is 1. The summed E-state index contributed by atoms with van der Waals surface area (Å²) in [7, 11) is 0. The van der Waals surface area contributed by atoms with Crippen LogP contribution >= 0.6 is 0 Å². The van der Waals surface area contributed by atoms with E-state index in [9.17, 15) is 9.59 Å². The van der Waals surface area contributed by atoms with E-state index in [1.807, 2.05) is 4.90 Å². The summed E-state index contributed by atoms with van der Waals surface area (Å²) in [5.41, 5.74) is 8.50. The van der Waals surface area contributed by atoms with Crippen LogP contribution in [-0.4, -0.2) is 45.1 Å². The normalized spacial score (nSPS) is 21.1. The zero-order chi connectivity index (χ0) is 19.0. The Morgan fingerprint density at radius 2 is 2.00 bits per heavy atom. The molecule has 1 aromatic carbocycles. The van der Waals surface area contributed by atoms with Crippen molar-refractivity contribution >= 4 is 23.6 Å². The summed E-state index contributed by atoms with van der Waals surface area (Å²) in [6.07, 6.45) is 5.52. The molecule has 1 saturated heterocycles. The number of nitrogen functional groups attached to an aromatic ring is 1. The number of rotatable bonds is 2. The average molecular weight is 367 g/mol. The lowest BCUT2D eigenvalue weighted by atomic mass is 9.77. The molecule has 140 valence electrons. The van der Waals surface area contributed by atoms with Gasteiger partial charge in [0.1, 0.15) is 0 Å². The number of hydrogen-bond acceptors (Lipinski definition) is 5. The lowest BCUT2D eigenvalue weighted by Gasteiger charge is -2.40. The van der Waals surface area contributed by atoms with Crippen LogP contribution in [0.2, 0.25) is 0 Å². The Balaban J connectivity index is 1.50. The SMILES string of the molecule is Nc1ncc2c(n1)C1(CCCN(C(=O)Nc3ccc(C(=O)O)cc3)C1)CC2. The number of nitrogens with two attached hydrogens (primary N) is 1. The van der Waals surface area contributed by atoms with Crippen LogP contribution in [0.5, 0.6) is 0 Å². The number of aryl methyl sites for hydroxylation is 1. The Hall–Kier alpha value is -3.16. The first-order chi connectivity index (χ1) is 13.0. The fraction of sp³-hybridized carbons (Fsp3) is 0.368. The summed E-state index contributed by atoms with van der Waals surface area (Å²) in [5.74, 6) is -0.720. The van der Waals surface area contributed by atoms with Crippen molar-refractivity contribution in [2.24, 2.45) is 0 Å². The standard InChI is InChI=1S/C19H21N5O3/c20-17-21-10-13-6-8-19(15(13)23-17)7-1-9-24(11-19)18(27)22-14-4-2-12(3-5-14)16(25)26/h2-5,10H,1,6-9,11H2,(H,22,27)(H,25,26)(H2,20,21,23). The second kappa shape index (κ2) is 6.53. The van der Waals surface area contributed by atoms with Crippen LogP contribution in [0.25, 0.3) is 0 Å². The van der Waals surface area contributed by atoms with E-state index in [1.165, 1.54) is 12.1 Å². The molecule has 0 radical (unpaired) electrons. The monoisotopic (exact) mass is 367 g/mol. The molecule has 8 heteroatoms. The second-order valence-corrected chi connectivity index (χ2v) is 7.22. The van der Waals surface area contributed by atoms with Crippen molar-refractivity contribution < 1.29 is 14.7 Å². The molecule has 0 saturated carbocycles. The van der Waals surface area contributed by atoms with Crippen LogP contribution in [-0.2, 0) is 11.8 Å². The summed E-state index contributed by atoms with van der Waals surface area (Å²) >= 11 is 0. The smallest absolute Gasteiger partial charge is 0.335 e. The second-order valence-electron chi connectivity index (χ2n) is 7.22. The highest BCUT2D eigenvalue weighted by atomic mass is 16.4. The Bertz CT molecular complexity index is 895. The van der Waals surface area contributed by atoms with Crippen molar-refractivity contribution in [1.29, 1.82) is 0 Å². The van der Waals surface area contributed by atoms with Gasteiger partial charge in [-0.25, -0.2) is 19.6 Å². The Kier molecular flexibility index (Phi) is 4.18. The molecule has 1 aliphatic carbocycles. The number of benzene rings is 1. The minimum Gasteiger partial charge on any atom is -0.478 e. The number of anilines is 2. The predicted molar refractivity (Wildman–Crippen MR) is 99.7 cm³/mol. The molecule has 1 aliphatic heterocycles. The summed E-state index contributed by atoms with van der Waals surface area (Å²) in [6, 6.07) is 5.96. The minimum atomic E-state index is -0.994. The molecule has 1 fully saturated rings. The van der Waals surface area contributed by atoms with Gasteiger partial charge in [-0.3, -0.25) is 0 Å². The zero-order valence-electron chi connectivity index (χ0n) is 14.8. The van der Waals surface area contributed by atoms with Gasteiger partial charge in [0, 0.05) is 30.4 Å². The number of carboxylic acids is 1. The number of nitrogens with one attached hydrogen (secondary N) is 1. The van der Waals surface area contributed by atoms with Crippen molar-refractivity contribution in [1.82, 2.24) is 14.9 Å². The molecule has 8 nitrogen and oxygen atoms in total. The third-order valence-electron chi connectivity index (χ3n) is 5.51.